The van der Waals surface area contributed by atoms with E-state index in [-0.39, 0.29) is 18.8 Å². The normalized spacial score (nSPS) is 26.4. The van der Waals surface area contributed by atoms with Crippen LogP contribution in [0.2, 0.25) is 0 Å². The van der Waals surface area contributed by atoms with Gasteiger partial charge in [-0.15, -0.1) is 0 Å². The number of hydrogen-bond acceptors (Lipinski definition) is 4. The van der Waals surface area contributed by atoms with Crippen molar-refractivity contribution in [3.05, 3.63) is 0 Å². The molecular formula is C20H33F3O4. The number of ether oxygens (including phenoxy) is 2. The summed E-state index contributed by atoms with van der Waals surface area (Å²) in [5.74, 6) is -2.71. The van der Waals surface area contributed by atoms with E-state index in [2.05, 4.69) is 0 Å². The van der Waals surface area contributed by atoms with Crippen LogP contribution in [0.1, 0.15) is 80.6 Å². The second-order valence-corrected chi connectivity index (χ2v) is 9.03. The summed E-state index contributed by atoms with van der Waals surface area (Å²) in [5, 5.41) is 0. The van der Waals surface area contributed by atoms with Crippen LogP contribution in [0.4, 0.5) is 13.2 Å². The Balaban J connectivity index is 2.90. The van der Waals surface area contributed by atoms with E-state index in [4.69, 9.17) is 9.47 Å². The van der Waals surface area contributed by atoms with E-state index in [0.717, 1.165) is 6.92 Å². The van der Waals surface area contributed by atoms with Crippen molar-refractivity contribution in [1.29, 1.82) is 0 Å². The number of rotatable bonds is 6. The van der Waals surface area contributed by atoms with Crippen LogP contribution in [-0.4, -0.2) is 29.3 Å². The summed E-state index contributed by atoms with van der Waals surface area (Å²) in [4.78, 5) is 24.2. The van der Waals surface area contributed by atoms with Crippen LogP contribution in [0.5, 0.6) is 0 Å². The Morgan fingerprint density at radius 1 is 1.11 bits per heavy atom. The molecule has 158 valence electrons. The molecule has 0 saturated heterocycles. The molecule has 0 aromatic heterocycles. The van der Waals surface area contributed by atoms with E-state index in [1.165, 1.54) is 13.8 Å². The van der Waals surface area contributed by atoms with E-state index < -0.39 is 40.6 Å². The topological polar surface area (TPSA) is 52.6 Å². The molecule has 0 aromatic rings. The molecule has 1 unspecified atom stereocenters. The molecule has 1 fully saturated rings. The average molecular weight is 394 g/mol. The van der Waals surface area contributed by atoms with Crippen molar-refractivity contribution < 1.29 is 32.2 Å². The molecule has 27 heavy (non-hydrogen) atoms. The van der Waals surface area contributed by atoms with Gasteiger partial charge in [-0.25, -0.2) is 0 Å². The molecule has 1 aliphatic carbocycles. The van der Waals surface area contributed by atoms with Crippen molar-refractivity contribution in [2.75, 3.05) is 0 Å². The van der Waals surface area contributed by atoms with Gasteiger partial charge in [0.2, 0.25) is 5.60 Å². The van der Waals surface area contributed by atoms with Gasteiger partial charge in [-0.3, -0.25) is 9.59 Å². The minimum absolute atomic E-state index is 0.164. The summed E-state index contributed by atoms with van der Waals surface area (Å²) in [7, 11) is 0. The van der Waals surface area contributed by atoms with Gasteiger partial charge in [0.15, 0.2) is 0 Å². The van der Waals surface area contributed by atoms with Crippen molar-refractivity contribution >= 4 is 11.9 Å². The predicted molar refractivity (Wildman–Crippen MR) is 95.9 cm³/mol. The molecular weight excluding hydrogens is 361 g/mol. The number of carbonyl (C=O) groups is 2. The lowest BCUT2D eigenvalue weighted by molar-refractivity contribution is -0.287. The van der Waals surface area contributed by atoms with Gasteiger partial charge in [-0.1, -0.05) is 20.8 Å². The third-order valence-corrected chi connectivity index (χ3v) is 5.94. The highest BCUT2D eigenvalue weighted by molar-refractivity contribution is 5.76. The van der Waals surface area contributed by atoms with E-state index >= 15 is 0 Å². The average Bonchev–Trinajstić information content (AvgIpc) is 2.53. The highest BCUT2D eigenvalue weighted by Crippen LogP contribution is 2.48. The first-order valence-electron chi connectivity index (χ1n) is 9.61. The largest absolute Gasteiger partial charge is 0.459 e. The molecule has 4 nitrogen and oxygen atoms in total. The lowest BCUT2D eigenvalue weighted by atomic mass is 9.72. The summed E-state index contributed by atoms with van der Waals surface area (Å²) in [6.07, 6.45) is -3.13. The van der Waals surface area contributed by atoms with Crippen molar-refractivity contribution in [1.82, 2.24) is 0 Å². The van der Waals surface area contributed by atoms with Gasteiger partial charge >= 0.3 is 18.1 Å². The van der Waals surface area contributed by atoms with Gasteiger partial charge in [0, 0.05) is 5.92 Å². The van der Waals surface area contributed by atoms with E-state index in [9.17, 15) is 22.8 Å². The Morgan fingerprint density at radius 2 is 1.59 bits per heavy atom. The number of halogens is 3. The monoisotopic (exact) mass is 394 g/mol. The van der Waals surface area contributed by atoms with Crippen LogP contribution >= 0.6 is 0 Å². The maximum Gasteiger partial charge on any atom is 0.428 e. The molecule has 0 aliphatic heterocycles. The number of esters is 2. The van der Waals surface area contributed by atoms with Crippen LogP contribution in [0.3, 0.4) is 0 Å². The minimum Gasteiger partial charge on any atom is -0.459 e. The molecule has 1 rings (SSSR count). The van der Waals surface area contributed by atoms with Gasteiger partial charge in [-0.2, -0.15) is 13.2 Å². The van der Waals surface area contributed by atoms with Gasteiger partial charge < -0.3 is 9.47 Å². The first kappa shape index (κ1) is 23.8. The number of alkyl halides is 3. The maximum absolute atomic E-state index is 13.8. The van der Waals surface area contributed by atoms with Crippen LogP contribution in [0.15, 0.2) is 0 Å². The fourth-order valence-corrected chi connectivity index (χ4v) is 3.09. The van der Waals surface area contributed by atoms with E-state index in [1.807, 2.05) is 6.92 Å². The Morgan fingerprint density at radius 3 is 1.96 bits per heavy atom. The van der Waals surface area contributed by atoms with Crippen LogP contribution in [0, 0.1) is 17.3 Å². The summed E-state index contributed by atoms with van der Waals surface area (Å²) in [6, 6.07) is 0. The third kappa shape index (κ3) is 5.38. The van der Waals surface area contributed by atoms with E-state index in [1.54, 1.807) is 20.8 Å². The fourth-order valence-electron chi connectivity index (χ4n) is 3.09. The first-order chi connectivity index (χ1) is 12.1. The maximum atomic E-state index is 13.8. The predicted octanol–water partition coefficient (Wildman–Crippen LogP) is 5.43. The standard InChI is InChI=1S/C20H33F3O4/c1-8-17(4,5)16(25)27-18(6)11-9-14(10-12-18)19(7,20(21,22)23)26-15(24)13(2)3/h13-14H,8-12H2,1-7H3. The second-order valence-electron chi connectivity index (χ2n) is 9.03. The number of hydrogen-bond donors (Lipinski definition) is 0. The zero-order chi connectivity index (χ0) is 21.3. The van der Waals surface area contributed by atoms with Crippen LogP contribution in [0.25, 0.3) is 0 Å². The smallest absolute Gasteiger partial charge is 0.428 e. The lowest BCUT2D eigenvalue weighted by Gasteiger charge is -2.45. The third-order valence-electron chi connectivity index (χ3n) is 5.94. The van der Waals surface area contributed by atoms with Gasteiger partial charge in [0.05, 0.1) is 11.3 Å². The Bertz CT molecular complexity index is 546. The first-order valence-corrected chi connectivity index (χ1v) is 9.61. The van der Waals surface area contributed by atoms with Crippen molar-refractivity contribution in [2.24, 2.45) is 17.3 Å². The molecule has 0 radical (unpaired) electrons. The molecule has 0 N–H and O–H groups in total. The van der Waals surface area contributed by atoms with Crippen LogP contribution < -0.4 is 0 Å². The molecule has 1 atom stereocenters. The Labute approximate surface area is 160 Å². The van der Waals surface area contributed by atoms with Crippen molar-refractivity contribution in [3.8, 4) is 0 Å². The number of carbonyl (C=O) groups excluding carboxylic acids is 2. The van der Waals surface area contributed by atoms with Crippen LogP contribution in [-0.2, 0) is 19.1 Å². The summed E-state index contributed by atoms with van der Waals surface area (Å²) >= 11 is 0. The summed E-state index contributed by atoms with van der Waals surface area (Å²) in [6.45, 7) is 11.2. The molecule has 0 spiro atoms. The van der Waals surface area contributed by atoms with Crippen molar-refractivity contribution in [2.45, 2.75) is 97.9 Å². The molecule has 0 aromatic carbocycles. The zero-order valence-electron chi connectivity index (χ0n) is 17.5. The van der Waals surface area contributed by atoms with Gasteiger partial charge in [-0.05, 0) is 59.8 Å². The molecule has 0 amide bonds. The highest BCUT2D eigenvalue weighted by Gasteiger charge is 2.60. The summed E-state index contributed by atoms with van der Waals surface area (Å²) < 4.78 is 51.9. The fraction of sp³-hybridized carbons (Fsp3) is 0.900. The lowest BCUT2D eigenvalue weighted by Crippen LogP contribution is -2.55. The molecule has 7 heteroatoms. The van der Waals surface area contributed by atoms with Gasteiger partial charge in [0.1, 0.15) is 5.60 Å². The van der Waals surface area contributed by atoms with E-state index in [0.29, 0.717) is 19.3 Å². The van der Waals surface area contributed by atoms with Gasteiger partial charge in [0.25, 0.3) is 0 Å². The molecule has 1 saturated carbocycles. The summed E-state index contributed by atoms with van der Waals surface area (Å²) in [5.41, 5.74) is -3.97. The SMILES string of the molecule is CCC(C)(C)C(=O)OC1(C)CCC(C(C)(OC(=O)C(C)C)C(F)(F)F)CC1. The highest BCUT2D eigenvalue weighted by atomic mass is 19.4. The Hall–Kier alpha value is -1.27. The quantitative estimate of drug-likeness (QED) is 0.563. The van der Waals surface area contributed by atoms with Crippen molar-refractivity contribution in [3.63, 3.8) is 0 Å². The molecule has 1 aliphatic rings. The minimum atomic E-state index is -4.67. The zero-order valence-corrected chi connectivity index (χ0v) is 17.5. The molecule has 0 heterocycles. The Kier molecular flexibility index (Phi) is 7.04. The molecule has 0 bridgehead atoms. The second kappa shape index (κ2) is 8.00.